The molecule has 1 fully saturated rings. The molecule has 0 aromatic carbocycles. The molecular formula is C14H24O3. The van der Waals surface area contributed by atoms with Gasteiger partial charge in [-0.05, 0) is 19.8 Å². The van der Waals surface area contributed by atoms with Crippen molar-refractivity contribution in [2.45, 2.75) is 65.2 Å². The van der Waals surface area contributed by atoms with Crippen LogP contribution in [0.5, 0.6) is 0 Å². The van der Waals surface area contributed by atoms with Crippen molar-refractivity contribution in [2.75, 3.05) is 0 Å². The zero-order valence-electron chi connectivity index (χ0n) is 11.0. The highest BCUT2D eigenvalue weighted by Gasteiger charge is 2.19. The quantitative estimate of drug-likeness (QED) is 0.307. The summed E-state index contributed by atoms with van der Waals surface area (Å²) in [6.45, 7) is 4.35. The number of rotatable bonds is 6. The second-order valence-corrected chi connectivity index (χ2v) is 4.12. The molecule has 1 aliphatic rings. The molecule has 1 aliphatic heterocycles. The van der Waals surface area contributed by atoms with Crippen LogP contribution in [-0.4, -0.2) is 11.9 Å². The first-order valence-corrected chi connectivity index (χ1v) is 6.55. The van der Waals surface area contributed by atoms with Crippen LogP contribution >= 0.6 is 0 Å². The summed E-state index contributed by atoms with van der Waals surface area (Å²) in [6, 6.07) is 0. The molecule has 1 heterocycles. The molecule has 0 radical (unpaired) electrons. The minimum atomic E-state index is -0.398. The number of ether oxygens (including phenoxy) is 1. The van der Waals surface area contributed by atoms with Crippen LogP contribution in [-0.2, 0) is 14.3 Å². The number of esters is 2. The van der Waals surface area contributed by atoms with E-state index in [1.807, 2.05) is 0 Å². The van der Waals surface area contributed by atoms with Crippen LogP contribution < -0.4 is 0 Å². The van der Waals surface area contributed by atoms with E-state index in [2.05, 4.69) is 30.7 Å². The van der Waals surface area contributed by atoms with Gasteiger partial charge in [-0.15, -0.1) is 0 Å². The Bertz CT molecular complexity index is 230. The van der Waals surface area contributed by atoms with Gasteiger partial charge in [-0.25, -0.2) is 0 Å². The van der Waals surface area contributed by atoms with E-state index in [-0.39, 0.29) is 12.8 Å². The molecule has 17 heavy (non-hydrogen) atoms. The van der Waals surface area contributed by atoms with Gasteiger partial charge in [-0.2, -0.15) is 0 Å². The molecule has 0 amide bonds. The summed E-state index contributed by atoms with van der Waals surface area (Å²) in [7, 11) is 0. The van der Waals surface area contributed by atoms with Gasteiger partial charge >= 0.3 is 11.9 Å². The van der Waals surface area contributed by atoms with E-state index in [9.17, 15) is 9.59 Å². The molecular weight excluding hydrogens is 216 g/mol. The maximum absolute atomic E-state index is 10.0. The Morgan fingerprint density at radius 3 is 2.06 bits per heavy atom. The van der Waals surface area contributed by atoms with Gasteiger partial charge in [0.05, 0.1) is 12.8 Å². The summed E-state index contributed by atoms with van der Waals surface area (Å²) in [5, 5.41) is 0. The number of carbonyl (C=O) groups is 2. The summed E-state index contributed by atoms with van der Waals surface area (Å²) in [4.78, 5) is 20.0. The second kappa shape index (κ2) is 11.4. The summed E-state index contributed by atoms with van der Waals surface area (Å²) >= 11 is 0. The minimum Gasteiger partial charge on any atom is -0.393 e. The third-order valence-corrected chi connectivity index (χ3v) is 2.47. The van der Waals surface area contributed by atoms with Crippen LogP contribution in [0.25, 0.3) is 0 Å². The fraction of sp³-hybridized carbons (Fsp3) is 0.714. The Kier molecular flexibility index (Phi) is 10.6. The Hall–Kier alpha value is -1.12. The third-order valence-electron chi connectivity index (χ3n) is 2.47. The summed E-state index contributed by atoms with van der Waals surface area (Å²) in [5.74, 6) is -0.796. The van der Waals surface area contributed by atoms with Gasteiger partial charge in [0.15, 0.2) is 0 Å². The first kappa shape index (κ1) is 15.9. The fourth-order valence-electron chi connectivity index (χ4n) is 1.47. The van der Waals surface area contributed by atoms with Crippen molar-refractivity contribution in [3.63, 3.8) is 0 Å². The van der Waals surface area contributed by atoms with E-state index in [4.69, 9.17) is 0 Å². The average Bonchev–Trinajstić information content (AvgIpc) is 2.68. The molecule has 0 aromatic heterocycles. The Morgan fingerprint density at radius 1 is 1.06 bits per heavy atom. The van der Waals surface area contributed by atoms with Crippen molar-refractivity contribution in [3.8, 4) is 0 Å². The number of hydrogen-bond acceptors (Lipinski definition) is 3. The topological polar surface area (TPSA) is 43.4 Å². The fourth-order valence-corrected chi connectivity index (χ4v) is 1.47. The van der Waals surface area contributed by atoms with Crippen LogP contribution in [0.3, 0.4) is 0 Å². The lowest BCUT2D eigenvalue weighted by molar-refractivity contribution is -0.151. The van der Waals surface area contributed by atoms with Gasteiger partial charge in [0.1, 0.15) is 0 Å². The third kappa shape index (κ3) is 11.1. The van der Waals surface area contributed by atoms with E-state index in [1.165, 1.54) is 38.5 Å². The van der Waals surface area contributed by atoms with Crippen molar-refractivity contribution in [1.82, 2.24) is 0 Å². The lowest BCUT2D eigenvalue weighted by Gasteiger charge is -1.95. The van der Waals surface area contributed by atoms with Crippen molar-refractivity contribution in [3.05, 3.63) is 12.2 Å². The van der Waals surface area contributed by atoms with Crippen molar-refractivity contribution < 1.29 is 14.3 Å². The maximum atomic E-state index is 10.0. The Morgan fingerprint density at radius 2 is 1.65 bits per heavy atom. The van der Waals surface area contributed by atoms with Gasteiger partial charge in [0.2, 0.25) is 0 Å². The van der Waals surface area contributed by atoms with Crippen LogP contribution in [0, 0.1) is 0 Å². The number of hydrogen-bond donors (Lipinski definition) is 0. The van der Waals surface area contributed by atoms with E-state index in [0.29, 0.717) is 0 Å². The second-order valence-electron chi connectivity index (χ2n) is 4.12. The van der Waals surface area contributed by atoms with Crippen LogP contribution in [0.15, 0.2) is 12.2 Å². The van der Waals surface area contributed by atoms with Crippen LogP contribution in [0.1, 0.15) is 65.2 Å². The highest BCUT2D eigenvalue weighted by atomic mass is 16.6. The van der Waals surface area contributed by atoms with E-state index >= 15 is 0 Å². The molecule has 0 aromatic rings. The zero-order chi connectivity index (χ0) is 12.9. The first-order chi connectivity index (χ1) is 8.20. The summed E-state index contributed by atoms with van der Waals surface area (Å²) in [6.07, 6.45) is 13.2. The molecule has 0 spiro atoms. The first-order valence-electron chi connectivity index (χ1n) is 6.55. The Balaban J connectivity index is 0.000000318. The standard InChI is InChI=1S/C10H20.C4H4O3/c1-3-5-7-9-10-8-6-4-2;5-3-1-2-4(6)7-3/h3,5H,4,6-10H2,1-2H3;1-2H2. The van der Waals surface area contributed by atoms with E-state index in [0.717, 1.165) is 0 Å². The molecule has 98 valence electrons. The van der Waals surface area contributed by atoms with Gasteiger partial charge in [-0.1, -0.05) is 44.8 Å². The Labute approximate surface area is 104 Å². The molecule has 0 aliphatic carbocycles. The molecule has 1 rings (SSSR count). The van der Waals surface area contributed by atoms with Gasteiger partial charge in [-0.3, -0.25) is 9.59 Å². The molecule has 0 N–H and O–H groups in total. The number of carbonyl (C=O) groups excluding carboxylic acids is 2. The van der Waals surface area contributed by atoms with Crippen molar-refractivity contribution in [1.29, 1.82) is 0 Å². The maximum Gasteiger partial charge on any atom is 0.314 e. The smallest absolute Gasteiger partial charge is 0.314 e. The monoisotopic (exact) mass is 240 g/mol. The number of unbranched alkanes of at least 4 members (excludes halogenated alkanes) is 5. The highest BCUT2D eigenvalue weighted by Crippen LogP contribution is 2.05. The molecule has 0 bridgehead atoms. The molecule has 1 saturated heterocycles. The average molecular weight is 240 g/mol. The minimum absolute atomic E-state index is 0.263. The molecule has 0 unspecified atom stereocenters. The molecule has 3 heteroatoms. The van der Waals surface area contributed by atoms with E-state index in [1.54, 1.807) is 0 Å². The van der Waals surface area contributed by atoms with Gasteiger partial charge < -0.3 is 4.74 Å². The summed E-state index contributed by atoms with van der Waals surface area (Å²) < 4.78 is 4.08. The predicted molar refractivity (Wildman–Crippen MR) is 68.5 cm³/mol. The lowest BCUT2D eigenvalue weighted by Crippen LogP contribution is -1.94. The highest BCUT2D eigenvalue weighted by molar-refractivity contribution is 5.92. The van der Waals surface area contributed by atoms with Crippen molar-refractivity contribution in [2.24, 2.45) is 0 Å². The molecule has 0 atom stereocenters. The normalized spacial score (nSPS) is 14.7. The number of allylic oxidation sites excluding steroid dienone is 2. The summed E-state index contributed by atoms with van der Waals surface area (Å²) in [5.41, 5.74) is 0. The van der Waals surface area contributed by atoms with Crippen LogP contribution in [0.4, 0.5) is 0 Å². The molecule has 3 nitrogen and oxygen atoms in total. The molecule has 0 saturated carbocycles. The van der Waals surface area contributed by atoms with E-state index < -0.39 is 11.9 Å². The number of cyclic esters (lactones) is 2. The van der Waals surface area contributed by atoms with Crippen molar-refractivity contribution >= 4 is 11.9 Å². The largest absolute Gasteiger partial charge is 0.393 e. The van der Waals surface area contributed by atoms with Crippen LogP contribution in [0.2, 0.25) is 0 Å². The lowest BCUT2D eigenvalue weighted by atomic mass is 10.1. The van der Waals surface area contributed by atoms with Gasteiger partial charge in [0, 0.05) is 0 Å². The SMILES string of the molecule is CC=CCCCCCCC.O=C1CCC(=O)O1. The predicted octanol–water partition coefficient (Wildman–Crippen LogP) is 3.77. The zero-order valence-corrected chi connectivity index (χ0v) is 11.0. The van der Waals surface area contributed by atoms with Gasteiger partial charge in [0.25, 0.3) is 0 Å².